The molecular weight excluding hydrogens is 206 g/mol. The number of rotatable bonds is 0. The van der Waals surface area contributed by atoms with Crippen LogP contribution in [0.25, 0.3) is 0 Å². The summed E-state index contributed by atoms with van der Waals surface area (Å²) in [7, 11) is 0. The minimum absolute atomic E-state index is 0.0756. The van der Waals surface area contributed by atoms with Crippen LogP contribution in [0.5, 0.6) is 0 Å². The van der Waals surface area contributed by atoms with Crippen molar-refractivity contribution in [3.05, 3.63) is 0 Å². The normalized spacial score (nSPS) is 21.3. The average molecular weight is 222 g/mol. The Hall–Kier alpha value is -0.910. The van der Waals surface area contributed by atoms with Gasteiger partial charge in [-0.2, -0.15) is 8.78 Å². The maximum Gasteiger partial charge on any atom is 0.410 e. The molecule has 1 rings (SSSR count). The first kappa shape index (κ1) is 12.2. The molecule has 0 radical (unpaired) electrons. The van der Waals surface area contributed by atoms with E-state index in [4.69, 9.17) is 4.74 Å². The Kier molecular flexibility index (Phi) is 3.18. The van der Waals surface area contributed by atoms with Gasteiger partial charge in [-0.05, 0) is 20.8 Å². The van der Waals surface area contributed by atoms with Crippen LogP contribution in [-0.2, 0) is 4.74 Å². The first-order valence-corrected chi connectivity index (χ1v) is 4.80. The molecule has 0 spiro atoms. The van der Waals surface area contributed by atoms with E-state index in [1.807, 2.05) is 5.32 Å². The summed E-state index contributed by atoms with van der Waals surface area (Å²) in [5, 5.41) is 2.02. The zero-order chi connectivity index (χ0) is 11.7. The van der Waals surface area contributed by atoms with Gasteiger partial charge >= 0.3 is 12.1 Å². The molecule has 1 fully saturated rings. The molecule has 1 heterocycles. The van der Waals surface area contributed by atoms with Crippen molar-refractivity contribution < 1.29 is 18.3 Å². The predicted molar refractivity (Wildman–Crippen MR) is 50.8 cm³/mol. The van der Waals surface area contributed by atoms with Crippen molar-refractivity contribution in [3.8, 4) is 0 Å². The molecule has 6 heteroatoms. The number of piperazine rings is 1. The van der Waals surface area contributed by atoms with Gasteiger partial charge in [0.15, 0.2) is 0 Å². The number of amides is 1. The van der Waals surface area contributed by atoms with Gasteiger partial charge in [0.25, 0.3) is 0 Å². The van der Waals surface area contributed by atoms with E-state index in [-0.39, 0.29) is 13.1 Å². The molecule has 0 unspecified atom stereocenters. The minimum atomic E-state index is -3.02. The fourth-order valence-corrected chi connectivity index (χ4v) is 1.23. The molecule has 1 aliphatic rings. The molecule has 0 bridgehead atoms. The predicted octanol–water partition coefficient (Wildman–Crippen LogP) is 1.42. The third-order valence-corrected chi connectivity index (χ3v) is 1.81. The molecule has 15 heavy (non-hydrogen) atoms. The van der Waals surface area contributed by atoms with Crippen molar-refractivity contribution in [2.45, 2.75) is 32.4 Å². The van der Waals surface area contributed by atoms with Crippen LogP contribution in [0.15, 0.2) is 0 Å². The fraction of sp³-hybridized carbons (Fsp3) is 0.889. The Morgan fingerprint density at radius 1 is 1.47 bits per heavy atom. The van der Waals surface area contributed by atoms with Crippen LogP contribution in [0.2, 0.25) is 0 Å². The topological polar surface area (TPSA) is 41.6 Å². The molecule has 0 aromatic rings. The number of hydrogen-bond acceptors (Lipinski definition) is 3. The quantitative estimate of drug-likeness (QED) is 0.630. The molecule has 1 saturated heterocycles. The number of halogens is 2. The van der Waals surface area contributed by atoms with Crippen molar-refractivity contribution in [1.82, 2.24) is 10.2 Å². The number of alkyl halides is 2. The van der Waals surface area contributed by atoms with Gasteiger partial charge in [-0.25, -0.2) is 4.79 Å². The van der Waals surface area contributed by atoms with Gasteiger partial charge in [0.05, 0.1) is 0 Å². The lowest BCUT2D eigenvalue weighted by Gasteiger charge is -2.34. The van der Waals surface area contributed by atoms with Gasteiger partial charge in [0, 0.05) is 13.1 Å². The van der Waals surface area contributed by atoms with Gasteiger partial charge in [0.1, 0.15) is 12.1 Å². The summed E-state index contributed by atoms with van der Waals surface area (Å²) < 4.78 is 30.8. The largest absolute Gasteiger partial charge is 0.444 e. The lowest BCUT2D eigenvalue weighted by atomic mass is 10.2. The number of carbonyl (C=O) groups is 1. The Morgan fingerprint density at radius 3 is 2.53 bits per heavy atom. The maximum atomic E-state index is 12.9. The van der Waals surface area contributed by atoms with Crippen LogP contribution in [0.3, 0.4) is 0 Å². The molecule has 0 atom stereocenters. The van der Waals surface area contributed by atoms with Crippen LogP contribution < -0.4 is 5.32 Å². The highest BCUT2D eigenvalue weighted by Crippen LogP contribution is 2.17. The van der Waals surface area contributed by atoms with E-state index in [1.54, 1.807) is 20.8 Å². The standard InChI is InChI=1S/C9H16F2N2O2/c1-8(2,3)15-7(14)13-5-4-12-9(10,11)6-13/h12H,4-6H2,1-3H3. The highest BCUT2D eigenvalue weighted by Gasteiger charge is 2.38. The zero-order valence-corrected chi connectivity index (χ0v) is 9.14. The summed E-state index contributed by atoms with van der Waals surface area (Å²) in [5.41, 5.74) is -0.656. The number of ether oxygens (including phenoxy) is 1. The van der Waals surface area contributed by atoms with E-state index in [0.717, 1.165) is 4.90 Å². The van der Waals surface area contributed by atoms with Gasteiger partial charge in [-0.15, -0.1) is 0 Å². The van der Waals surface area contributed by atoms with Crippen molar-refractivity contribution in [1.29, 1.82) is 0 Å². The Balaban J connectivity index is 2.53. The molecule has 1 N–H and O–H groups in total. The second-order valence-electron chi connectivity index (χ2n) is 4.53. The monoisotopic (exact) mass is 222 g/mol. The number of hydrogen-bond donors (Lipinski definition) is 1. The van der Waals surface area contributed by atoms with E-state index < -0.39 is 24.3 Å². The third kappa shape index (κ3) is 3.99. The van der Waals surface area contributed by atoms with Gasteiger partial charge < -0.3 is 4.74 Å². The van der Waals surface area contributed by atoms with Gasteiger partial charge in [-0.1, -0.05) is 0 Å². The Bertz CT molecular complexity index is 251. The van der Waals surface area contributed by atoms with E-state index in [1.165, 1.54) is 0 Å². The third-order valence-electron chi connectivity index (χ3n) is 1.81. The summed E-state index contributed by atoms with van der Waals surface area (Å²) in [6, 6.07) is -3.02. The first-order valence-electron chi connectivity index (χ1n) is 4.80. The van der Waals surface area contributed by atoms with Crippen molar-refractivity contribution in [2.24, 2.45) is 0 Å². The lowest BCUT2D eigenvalue weighted by molar-refractivity contribution is -0.0857. The molecule has 88 valence electrons. The second kappa shape index (κ2) is 3.92. The van der Waals surface area contributed by atoms with Crippen molar-refractivity contribution in [3.63, 3.8) is 0 Å². The summed E-state index contributed by atoms with van der Waals surface area (Å²) in [6.45, 7) is 4.78. The Labute approximate surface area is 87.6 Å². The van der Waals surface area contributed by atoms with Crippen LogP contribution in [0.1, 0.15) is 20.8 Å². The molecule has 0 aliphatic carbocycles. The number of nitrogens with zero attached hydrogens (tertiary/aromatic N) is 1. The van der Waals surface area contributed by atoms with E-state index in [2.05, 4.69) is 0 Å². The van der Waals surface area contributed by atoms with E-state index in [0.29, 0.717) is 0 Å². The molecular formula is C9H16F2N2O2. The molecule has 0 aromatic carbocycles. The molecule has 1 amide bonds. The molecule has 4 nitrogen and oxygen atoms in total. The highest BCUT2D eigenvalue weighted by atomic mass is 19.3. The fourth-order valence-electron chi connectivity index (χ4n) is 1.23. The summed E-state index contributed by atoms with van der Waals surface area (Å²) in [5.74, 6) is 0. The first-order chi connectivity index (χ1) is 6.70. The summed E-state index contributed by atoms with van der Waals surface area (Å²) in [4.78, 5) is 12.5. The van der Waals surface area contributed by atoms with E-state index >= 15 is 0 Å². The Morgan fingerprint density at radius 2 is 2.07 bits per heavy atom. The zero-order valence-electron chi connectivity index (χ0n) is 9.14. The van der Waals surface area contributed by atoms with E-state index in [9.17, 15) is 13.6 Å². The summed E-state index contributed by atoms with van der Waals surface area (Å²) >= 11 is 0. The molecule has 0 saturated carbocycles. The highest BCUT2D eigenvalue weighted by molar-refractivity contribution is 5.68. The van der Waals surface area contributed by atoms with Crippen molar-refractivity contribution in [2.75, 3.05) is 19.6 Å². The van der Waals surface area contributed by atoms with Gasteiger partial charge in [-0.3, -0.25) is 10.2 Å². The SMILES string of the molecule is CC(C)(C)OC(=O)N1CCNC(F)(F)C1. The number of nitrogens with one attached hydrogen (secondary N) is 1. The van der Waals surface area contributed by atoms with Crippen molar-refractivity contribution >= 4 is 6.09 Å². The second-order valence-corrected chi connectivity index (χ2v) is 4.53. The van der Waals surface area contributed by atoms with Crippen LogP contribution >= 0.6 is 0 Å². The molecule has 1 aliphatic heterocycles. The van der Waals surface area contributed by atoms with Gasteiger partial charge in [0.2, 0.25) is 0 Å². The number of carbonyl (C=O) groups excluding carboxylic acids is 1. The molecule has 0 aromatic heterocycles. The minimum Gasteiger partial charge on any atom is -0.444 e. The van der Waals surface area contributed by atoms with Crippen LogP contribution in [0.4, 0.5) is 13.6 Å². The summed E-state index contributed by atoms with van der Waals surface area (Å²) in [6.07, 6.45) is -0.691. The average Bonchev–Trinajstić information content (AvgIpc) is 1.99. The van der Waals surface area contributed by atoms with Crippen LogP contribution in [0, 0.1) is 0 Å². The van der Waals surface area contributed by atoms with Crippen LogP contribution in [-0.4, -0.2) is 42.3 Å². The lowest BCUT2D eigenvalue weighted by Crippen LogP contribution is -2.57. The maximum absolute atomic E-state index is 12.9. The smallest absolute Gasteiger partial charge is 0.410 e.